The van der Waals surface area contributed by atoms with Crippen LogP contribution in [0.5, 0.6) is 0 Å². The summed E-state index contributed by atoms with van der Waals surface area (Å²) in [4.78, 5) is 10.5. The van der Waals surface area contributed by atoms with Gasteiger partial charge in [0.25, 0.3) is 0 Å². The summed E-state index contributed by atoms with van der Waals surface area (Å²) >= 11 is 0. The Morgan fingerprint density at radius 2 is 0.847 bits per heavy atom. The molecule has 2 heteroatoms. The summed E-state index contributed by atoms with van der Waals surface area (Å²) in [5, 5.41) is 4.81. The maximum absolute atomic E-state index is 5.26. The van der Waals surface area contributed by atoms with E-state index in [0.717, 1.165) is 39.0 Å². The smallest absolute Gasteiger partial charge is 0.160 e. The molecule has 1 aliphatic carbocycles. The number of fused-ring (bicyclic) bond motifs is 5. The molecule has 0 amide bonds. The summed E-state index contributed by atoms with van der Waals surface area (Å²) in [6, 6.07) is 74.4. The Labute approximate surface area is 345 Å². The molecule has 9 aromatic carbocycles. The van der Waals surface area contributed by atoms with Crippen LogP contribution in [0.4, 0.5) is 0 Å². The minimum atomic E-state index is -0.0314. The molecule has 0 unspecified atom stereocenters. The van der Waals surface area contributed by atoms with E-state index in [9.17, 15) is 0 Å². The Kier molecular flexibility index (Phi) is 8.20. The molecule has 0 saturated heterocycles. The first kappa shape index (κ1) is 34.8. The molecule has 0 spiro atoms. The third kappa shape index (κ3) is 5.96. The van der Waals surface area contributed by atoms with Crippen molar-refractivity contribution in [2.75, 3.05) is 0 Å². The molecule has 0 bridgehead atoms. The number of rotatable bonds is 6. The highest BCUT2D eigenvalue weighted by Crippen LogP contribution is 2.49. The number of benzene rings is 9. The summed E-state index contributed by atoms with van der Waals surface area (Å²) < 4.78 is 0. The SMILES string of the molecule is CC1(C)c2ccccc2-c2ccc(-c3ccc(-c4ccc(-c5cc(-c6cccc(-c7cccc8ccccc78)c6)nc(-c6ccccc6)n5)c5ccccc45)cc3)cc21. The van der Waals surface area contributed by atoms with Crippen LogP contribution >= 0.6 is 0 Å². The predicted octanol–water partition coefficient (Wildman–Crippen LogP) is 15.1. The average Bonchev–Trinajstić information content (AvgIpc) is 3.53. The van der Waals surface area contributed by atoms with Gasteiger partial charge < -0.3 is 0 Å². The van der Waals surface area contributed by atoms with Crippen molar-refractivity contribution in [1.82, 2.24) is 9.97 Å². The second-order valence-electron chi connectivity index (χ2n) is 16.2. The van der Waals surface area contributed by atoms with Gasteiger partial charge in [-0.1, -0.05) is 202 Å². The number of aromatic nitrogens is 2. The first-order valence-electron chi connectivity index (χ1n) is 20.4. The molecule has 0 atom stereocenters. The maximum atomic E-state index is 5.26. The van der Waals surface area contributed by atoms with E-state index in [1.165, 1.54) is 66.2 Å². The molecule has 0 aliphatic heterocycles. The second kappa shape index (κ2) is 13.9. The molecule has 1 aliphatic rings. The molecule has 278 valence electrons. The average molecular weight is 753 g/mol. The zero-order valence-electron chi connectivity index (χ0n) is 33.0. The molecule has 0 radical (unpaired) electrons. The van der Waals surface area contributed by atoms with Gasteiger partial charge in [0.2, 0.25) is 0 Å². The normalized spacial score (nSPS) is 12.7. The lowest BCUT2D eigenvalue weighted by atomic mass is 9.81. The molecule has 1 heterocycles. The molecule has 0 fully saturated rings. The van der Waals surface area contributed by atoms with Gasteiger partial charge in [-0.3, -0.25) is 0 Å². The lowest BCUT2D eigenvalue weighted by Gasteiger charge is -2.22. The van der Waals surface area contributed by atoms with E-state index >= 15 is 0 Å². The first-order valence-corrected chi connectivity index (χ1v) is 20.4. The molecule has 59 heavy (non-hydrogen) atoms. The zero-order chi connectivity index (χ0) is 39.5. The van der Waals surface area contributed by atoms with Crippen LogP contribution < -0.4 is 0 Å². The van der Waals surface area contributed by atoms with Crippen LogP contribution in [0, 0.1) is 0 Å². The van der Waals surface area contributed by atoms with Crippen LogP contribution in [0.25, 0.3) is 100.0 Å². The molecule has 2 nitrogen and oxygen atoms in total. The minimum Gasteiger partial charge on any atom is -0.228 e. The third-order valence-electron chi connectivity index (χ3n) is 12.3. The summed E-state index contributed by atoms with van der Waals surface area (Å²) in [6.07, 6.45) is 0. The van der Waals surface area contributed by atoms with Gasteiger partial charge in [-0.2, -0.15) is 0 Å². The molecule has 10 aromatic rings. The first-order chi connectivity index (χ1) is 29.0. The lowest BCUT2D eigenvalue weighted by Crippen LogP contribution is -2.14. The molecule has 11 rings (SSSR count). The van der Waals surface area contributed by atoms with E-state index in [1.54, 1.807) is 0 Å². The van der Waals surface area contributed by atoms with Crippen molar-refractivity contribution in [2.45, 2.75) is 19.3 Å². The maximum Gasteiger partial charge on any atom is 0.160 e. The van der Waals surface area contributed by atoms with Crippen LogP contribution in [0.3, 0.4) is 0 Å². The largest absolute Gasteiger partial charge is 0.228 e. The van der Waals surface area contributed by atoms with Crippen molar-refractivity contribution in [1.29, 1.82) is 0 Å². The Balaban J connectivity index is 0.987. The second-order valence-corrected chi connectivity index (χ2v) is 16.2. The van der Waals surface area contributed by atoms with E-state index < -0.39 is 0 Å². The Morgan fingerprint density at radius 3 is 1.69 bits per heavy atom. The van der Waals surface area contributed by atoms with Crippen LogP contribution in [-0.2, 0) is 5.41 Å². The van der Waals surface area contributed by atoms with Gasteiger partial charge in [0, 0.05) is 22.1 Å². The zero-order valence-corrected chi connectivity index (χ0v) is 33.0. The van der Waals surface area contributed by atoms with Crippen molar-refractivity contribution >= 4 is 21.5 Å². The van der Waals surface area contributed by atoms with E-state index in [2.05, 4.69) is 202 Å². The summed E-state index contributed by atoms with van der Waals surface area (Å²) in [5.74, 6) is 0.705. The van der Waals surface area contributed by atoms with Crippen LogP contribution in [-0.4, -0.2) is 9.97 Å². The summed E-state index contributed by atoms with van der Waals surface area (Å²) in [6.45, 7) is 4.68. The van der Waals surface area contributed by atoms with Gasteiger partial charge >= 0.3 is 0 Å². The molecule has 0 saturated carbocycles. The summed E-state index contributed by atoms with van der Waals surface area (Å²) in [5.41, 5.74) is 17.6. The molecule has 0 N–H and O–H groups in total. The van der Waals surface area contributed by atoms with Gasteiger partial charge in [0.15, 0.2) is 5.82 Å². The quantitative estimate of drug-likeness (QED) is 0.169. The fourth-order valence-corrected chi connectivity index (χ4v) is 9.27. The molecule has 1 aromatic heterocycles. The number of hydrogen-bond donors (Lipinski definition) is 0. The fraction of sp³-hybridized carbons (Fsp3) is 0.0526. The van der Waals surface area contributed by atoms with E-state index in [1.807, 2.05) is 18.2 Å². The Hall–Kier alpha value is -7.42. The van der Waals surface area contributed by atoms with Crippen molar-refractivity contribution in [3.05, 3.63) is 217 Å². The number of nitrogens with zero attached hydrogens (tertiary/aromatic N) is 2. The van der Waals surface area contributed by atoms with Crippen LogP contribution in [0.15, 0.2) is 206 Å². The predicted molar refractivity (Wildman–Crippen MR) is 247 cm³/mol. The summed E-state index contributed by atoms with van der Waals surface area (Å²) in [7, 11) is 0. The van der Waals surface area contributed by atoms with Gasteiger partial charge in [0.05, 0.1) is 11.4 Å². The van der Waals surface area contributed by atoms with Crippen molar-refractivity contribution in [3.63, 3.8) is 0 Å². The van der Waals surface area contributed by atoms with Gasteiger partial charge in [-0.25, -0.2) is 9.97 Å². The third-order valence-corrected chi connectivity index (χ3v) is 12.3. The highest BCUT2D eigenvalue weighted by molar-refractivity contribution is 6.05. The monoisotopic (exact) mass is 752 g/mol. The minimum absolute atomic E-state index is 0.0314. The lowest BCUT2D eigenvalue weighted by molar-refractivity contribution is 0.660. The molecular formula is C57H40N2. The van der Waals surface area contributed by atoms with Crippen LogP contribution in [0.1, 0.15) is 25.0 Å². The topological polar surface area (TPSA) is 25.8 Å². The van der Waals surface area contributed by atoms with Gasteiger partial charge in [-0.05, 0) is 95.4 Å². The Morgan fingerprint density at radius 1 is 0.305 bits per heavy atom. The van der Waals surface area contributed by atoms with Crippen LogP contribution in [0.2, 0.25) is 0 Å². The fourth-order valence-electron chi connectivity index (χ4n) is 9.27. The highest BCUT2D eigenvalue weighted by Gasteiger charge is 2.35. The van der Waals surface area contributed by atoms with Gasteiger partial charge in [-0.15, -0.1) is 0 Å². The van der Waals surface area contributed by atoms with E-state index in [0.29, 0.717) is 5.82 Å². The van der Waals surface area contributed by atoms with Crippen molar-refractivity contribution < 1.29 is 0 Å². The van der Waals surface area contributed by atoms with E-state index in [-0.39, 0.29) is 5.41 Å². The van der Waals surface area contributed by atoms with E-state index in [4.69, 9.17) is 9.97 Å². The Bertz CT molecular complexity index is 3230. The molecular weight excluding hydrogens is 713 g/mol. The standard InChI is InChI=1S/C57H40N2/c1-57(2)52-25-11-10-23-49(52)50-31-30-41(35-53(50)57)37-26-28-39(29-27-37)46-32-33-51(48-22-9-8-21-47(46)48)55-36-54(58-56(59-55)40-15-4-3-5-16-40)43-19-12-18-42(34-43)45-24-13-17-38-14-6-7-20-44(38)45/h3-36H,1-2H3. The number of hydrogen-bond acceptors (Lipinski definition) is 2. The van der Waals surface area contributed by atoms with Crippen molar-refractivity contribution in [3.8, 4) is 78.4 Å². The van der Waals surface area contributed by atoms with Crippen molar-refractivity contribution in [2.24, 2.45) is 0 Å². The highest BCUT2D eigenvalue weighted by atomic mass is 14.9. The van der Waals surface area contributed by atoms with Gasteiger partial charge in [0.1, 0.15) is 0 Å².